The summed E-state index contributed by atoms with van der Waals surface area (Å²) in [4.78, 5) is 42.4. The molecular weight excluding hydrogens is 675 g/mol. The zero-order valence-corrected chi connectivity index (χ0v) is 30.1. The van der Waals surface area contributed by atoms with Crippen molar-refractivity contribution in [2.45, 2.75) is 69.4 Å². The minimum atomic E-state index is -0.620. The number of H-pyrrole nitrogens is 1. The predicted molar refractivity (Wildman–Crippen MR) is 208 cm³/mol. The zero-order valence-electron chi connectivity index (χ0n) is 30.1. The molecule has 0 saturated carbocycles. The average molecular weight is 718 g/mol. The Balaban J connectivity index is 0.812. The molecule has 0 bridgehead atoms. The third-order valence-corrected chi connectivity index (χ3v) is 11.8. The van der Waals surface area contributed by atoms with Gasteiger partial charge in [-0.15, -0.1) is 0 Å². The van der Waals surface area contributed by atoms with Crippen LogP contribution in [0.4, 0.5) is 0 Å². The molecular formula is C46H43N3O5. The second kappa shape index (κ2) is 14.2. The van der Waals surface area contributed by atoms with E-state index >= 15 is 0 Å². The summed E-state index contributed by atoms with van der Waals surface area (Å²) in [7, 11) is 0. The van der Waals surface area contributed by atoms with Crippen LogP contribution in [0.3, 0.4) is 0 Å². The van der Waals surface area contributed by atoms with Crippen molar-refractivity contribution in [3.05, 3.63) is 148 Å². The van der Waals surface area contributed by atoms with Gasteiger partial charge >= 0.3 is 0 Å². The van der Waals surface area contributed by atoms with Crippen LogP contribution in [0, 0.1) is 5.92 Å². The molecule has 4 aliphatic rings. The number of hydrogen-bond donors (Lipinski definition) is 3. The summed E-state index contributed by atoms with van der Waals surface area (Å²) >= 11 is 0. The van der Waals surface area contributed by atoms with E-state index in [1.54, 1.807) is 4.90 Å². The predicted octanol–water partition coefficient (Wildman–Crippen LogP) is 8.22. The van der Waals surface area contributed by atoms with Gasteiger partial charge in [-0.05, 0) is 144 Å². The maximum atomic E-state index is 13.2. The number of fused-ring (bicyclic) bond motifs is 3. The van der Waals surface area contributed by atoms with Crippen LogP contribution in [0.1, 0.15) is 82.2 Å². The van der Waals surface area contributed by atoms with Gasteiger partial charge in [-0.1, -0.05) is 54.6 Å². The molecule has 1 aromatic heterocycles. The number of aryl methyl sites for hydroxylation is 2. The van der Waals surface area contributed by atoms with E-state index in [1.165, 1.54) is 16.7 Å². The Morgan fingerprint density at radius 2 is 1.70 bits per heavy atom. The number of allylic oxidation sites excluding steroid dienone is 3. The Morgan fingerprint density at radius 1 is 0.852 bits per heavy atom. The van der Waals surface area contributed by atoms with Crippen LogP contribution >= 0.6 is 0 Å². The van der Waals surface area contributed by atoms with Gasteiger partial charge < -0.3 is 19.7 Å². The molecule has 0 spiro atoms. The zero-order chi connectivity index (χ0) is 36.8. The summed E-state index contributed by atoms with van der Waals surface area (Å²) in [5.74, 6) is 1.56. The Bertz CT molecular complexity index is 2340. The van der Waals surface area contributed by atoms with Crippen molar-refractivity contribution in [2.75, 3.05) is 6.61 Å². The first-order chi connectivity index (χ1) is 26.4. The maximum Gasteiger partial charge on any atom is 0.255 e. The van der Waals surface area contributed by atoms with Crippen molar-refractivity contribution in [1.29, 1.82) is 0 Å². The highest BCUT2D eigenvalue weighted by atomic mass is 16.5. The summed E-state index contributed by atoms with van der Waals surface area (Å²) in [6.45, 7) is 0.986. The van der Waals surface area contributed by atoms with E-state index in [0.29, 0.717) is 48.6 Å². The quantitative estimate of drug-likeness (QED) is 0.105. The molecule has 4 atom stereocenters. The fourth-order valence-electron chi connectivity index (χ4n) is 9.15. The first-order valence-corrected chi connectivity index (χ1v) is 19.2. The number of rotatable bonds is 9. The number of hydrogen-bond acceptors (Lipinski definition) is 5. The molecule has 8 heteroatoms. The SMILES string of the molecule is O=C1CC[C@H](N2Cc3cc(-c4ccc5[nH]c(CCCOC6=CCC([C@@H]7c8ccc(O)cc8CC[C@@H]7c7ccccc7)C=C6)cc5c4)ccc3C2=O)C(=O)N1. The van der Waals surface area contributed by atoms with E-state index in [2.05, 4.69) is 89.2 Å². The lowest BCUT2D eigenvalue weighted by Crippen LogP contribution is -2.52. The molecule has 3 amide bonds. The highest BCUT2D eigenvalue weighted by molar-refractivity contribution is 6.05. The Labute approximate surface area is 314 Å². The number of piperidine rings is 1. The first kappa shape index (κ1) is 33.9. The van der Waals surface area contributed by atoms with E-state index in [0.717, 1.165) is 71.2 Å². The number of aromatic nitrogens is 1. The van der Waals surface area contributed by atoms with Gasteiger partial charge in [0.2, 0.25) is 11.8 Å². The topological polar surface area (TPSA) is 112 Å². The summed E-state index contributed by atoms with van der Waals surface area (Å²) in [5, 5.41) is 13.7. The molecule has 1 unspecified atom stereocenters. The number of nitrogens with zero attached hydrogens (tertiary/aromatic N) is 1. The van der Waals surface area contributed by atoms with Crippen LogP contribution in [-0.4, -0.2) is 45.4 Å². The number of carbonyl (C=O) groups is 3. The number of nitrogens with one attached hydrogen (secondary N) is 2. The molecule has 8 nitrogen and oxygen atoms in total. The highest BCUT2D eigenvalue weighted by Crippen LogP contribution is 2.49. The van der Waals surface area contributed by atoms with Crippen molar-refractivity contribution < 1.29 is 24.2 Å². The summed E-state index contributed by atoms with van der Waals surface area (Å²) in [5.41, 5.74) is 9.83. The number of amides is 3. The molecule has 2 aliphatic carbocycles. The smallest absolute Gasteiger partial charge is 0.255 e. The van der Waals surface area contributed by atoms with Crippen LogP contribution in [0.25, 0.3) is 22.0 Å². The fourth-order valence-corrected chi connectivity index (χ4v) is 9.15. The standard InChI is InChI=1S/C46H43N3O5/c50-36-13-18-39-32(26-36)11-16-38(28-5-2-1-3-6-28)44(39)29-8-14-37(15-9-29)54-22-4-7-35-25-33-23-31(12-19-41(33)47-35)30-10-17-40-34(24-30)27-49(46(40)53)42-20-21-43(51)48-45(42)52/h1-3,5-6,8,10,12-15,17-19,23-26,29,38,42,44,47,50H,4,7,9,11,16,20-22,27H2,(H,48,51,52)/t29?,38-,42+,44+/m1/s1. The first-order valence-electron chi connectivity index (χ1n) is 19.2. The van der Waals surface area contributed by atoms with E-state index in [-0.39, 0.29) is 18.2 Å². The third kappa shape index (κ3) is 6.50. The molecule has 9 rings (SSSR count). The van der Waals surface area contributed by atoms with Crippen LogP contribution in [0.5, 0.6) is 5.75 Å². The molecule has 2 aliphatic heterocycles. The molecule has 4 aromatic carbocycles. The molecule has 272 valence electrons. The van der Waals surface area contributed by atoms with Crippen LogP contribution in [0.15, 0.2) is 115 Å². The molecule has 3 heterocycles. The van der Waals surface area contributed by atoms with Crippen LogP contribution in [0.2, 0.25) is 0 Å². The van der Waals surface area contributed by atoms with Gasteiger partial charge in [0.15, 0.2) is 0 Å². The average Bonchev–Trinajstić information content (AvgIpc) is 3.75. The molecule has 5 aromatic rings. The Kier molecular flexibility index (Phi) is 8.89. The number of phenols is 1. The second-order valence-corrected chi connectivity index (χ2v) is 15.2. The van der Waals surface area contributed by atoms with E-state index < -0.39 is 11.9 Å². The summed E-state index contributed by atoms with van der Waals surface area (Å²) in [6.07, 6.45) is 12.0. The van der Waals surface area contributed by atoms with Crippen LogP contribution < -0.4 is 5.32 Å². The summed E-state index contributed by atoms with van der Waals surface area (Å²) < 4.78 is 6.25. The molecule has 0 radical (unpaired) electrons. The number of aromatic amines is 1. The van der Waals surface area contributed by atoms with Crippen molar-refractivity contribution >= 4 is 28.6 Å². The number of carbonyl (C=O) groups excluding carboxylic acids is 3. The van der Waals surface area contributed by atoms with E-state index in [9.17, 15) is 19.5 Å². The van der Waals surface area contributed by atoms with E-state index in [1.807, 2.05) is 30.3 Å². The maximum absolute atomic E-state index is 13.2. The molecule has 3 N–H and O–H groups in total. The number of phenolic OH excluding ortho intramolecular Hbond substituents is 1. The Hall–Kier alpha value is -5.89. The van der Waals surface area contributed by atoms with Gasteiger partial charge in [-0.25, -0.2) is 0 Å². The number of imide groups is 1. The van der Waals surface area contributed by atoms with Crippen molar-refractivity contribution in [3.63, 3.8) is 0 Å². The normalized spacial score (nSPS) is 22.2. The van der Waals surface area contributed by atoms with Gasteiger partial charge in [0.1, 0.15) is 17.6 Å². The van der Waals surface area contributed by atoms with Crippen molar-refractivity contribution in [2.24, 2.45) is 5.92 Å². The van der Waals surface area contributed by atoms with Gasteiger partial charge in [0, 0.05) is 35.1 Å². The Morgan fingerprint density at radius 3 is 2.54 bits per heavy atom. The number of aromatic hydroxyl groups is 1. The second-order valence-electron chi connectivity index (χ2n) is 15.2. The van der Waals surface area contributed by atoms with Gasteiger partial charge in [-0.2, -0.15) is 0 Å². The minimum Gasteiger partial charge on any atom is -0.508 e. The summed E-state index contributed by atoms with van der Waals surface area (Å²) in [6, 6.07) is 30.6. The van der Waals surface area contributed by atoms with Crippen molar-refractivity contribution in [3.8, 4) is 16.9 Å². The number of ether oxygens (including phenoxy) is 1. The van der Waals surface area contributed by atoms with E-state index in [4.69, 9.17) is 4.74 Å². The van der Waals surface area contributed by atoms with Crippen molar-refractivity contribution in [1.82, 2.24) is 15.2 Å². The fraction of sp³-hybridized carbons (Fsp3) is 0.283. The van der Waals surface area contributed by atoms with Gasteiger partial charge in [0.05, 0.1) is 6.61 Å². The number of benzene rings is 4. The lowest BCUT2D eigenvalue weighted by atomic mass is 9.65. The molecule has 54 heavy (non-hydrogen) atoms. The third-order valence-electron chi connectivity index (χ3n) is 11.8. The highest BCUT2D eigenvalue weighted by Gasteiger charge is 2.39. The monoisotopic (exact) mass is 717 g/mol. The van der Waals surface area contributed by atoms with Gasteiger partial charge in [-0.3, -0.25) is 19.7 Å². The van der Waals surface area contributed by atoms with Crippen LogP contribution in [-0.2, 0) is 33.7 Å². The molecule has 1 fully saturated rings. The molecule has 1 saturated heterocycles. The lowest BCUT2D eigenvalue weighted by molar-refractivity contribution is -0.136. The largest absolute Gasteiger partial charge is 0.508 e. The lowest BCUT2D eigenvalue weighted by Gasteiger charge is -2.39. The van der Waals surface area contributed by atoms with Gasteiger partial charge in [0.25, 0.3) is 5.91 Å². The minimum absolute atomic E-state index is 0.161.